The van der Waals surface area contributed by atoms with Crippen molar-refractivity contribution in [3.8, 4) is 5.69 Å². The van der Waals surface area contributed by atoms with Crippen molar-refractivity contribution in [1.29, 1.82) is 0 Å². The van der Waals surface area contributed by atoms with Gasteiger partial charge in [0.1, 0.15) is 0 Å². The third kappa shape index (κ3) is 4.66. The molecule has 3 aromatic rings. The van der Waals surface area contributed by atoms with E-state index in [0.717, 1.165) is 0 Å². The van der Waals surface area contributed by atoms with Gasteiger partial charge in [-0.2, -0.15) is 0 Å². The lowest BCUT2D eigenvalue weighted by atomic mass is 10.1. The van der Waals surface area contributed by atoms with Gasteiger partial charge in [0.05, 0.1) is 17.0 Å². The van der Waals surface area contributed by atoms with Gasteiger partial charge in [0.25, 0.3) is 5.56 Å². The van der Waals surface area contributed by atoms with Crippen LogP contribution in [-0.2, 0) is 21.2 Å². The maximum Gasteiger partial charge on any atom is 0.255 e. The van der Waals surface area contributed by atoms with Crippen LogP contribution in [0.4, 0.5) is 5.69 Å². The van der Waals surface area contributed by atoms with Crippen molar-refractivity contribution in [3.05, 3.63) is 87.8 Å². The van der Waals surface area contributed by atoms with E-state index in [1.165, 1.54) is 35.0 Å². The maximum atomic E-state index is 12.4. The van der Waals surface area contributed by atoms with Gasteiger partial charge in [-0.15, -0.1) is 0 Å². The molecule has 3 N–H and O–H groups in total. The molecule has 1 aromatic heterocycles. The van der Waals surface area contributed by atoms with E-state index >= 15 is 0 Å². The van der Waals surface area contributed by atoms with Crippen molar-refractivity contribution in [2.75, 3.05) is 5.32 Å². The Bertz CT molecular complexity index is 1210. The number of nitrogens with zero attached hydrogens (tertiary/aromatic N) is 1. The van der Waals surface area contributed by atoms with Crippen LogP contribution < -0.4 is 16.0 Å². The molecular weight excluding hydrogens is 402 g/mol. The van der Waals surface area contributed by atoms with E-state index < -0.39 is 15.9 Å². The molecule has 0 radical (unpaired) electrons. The molecule has 0 unspecified atom stereocenters. The Morgan fingerprint density at radius 3 is 2.46 bits per heavy atom. The molecule has 1 amide bonds. The smallest absolute Gasteiger partial charge is 0.255 e. The van der Waals surface area contributed by atoms with Gasteiger partial charge >= 0.3 is 0 Å². The van der Waals surface area contributed by atoms with E-state index in [-0.39, 0.29) is 28.3 Å². The van der Waals surface area contributed by atoms with Gasteiger partial charge in [-0.1, -0.05) is 35.9 Å². The molecule has 0 atom stereocenters. The summed E-state index contributed by atoms with van der Waals surface area (Å²) in [6, 6.07) is 15.4. The zero-order valence-electron chi connectivity index (χ0n) is 14.5. The molecule has 144 valence electrons. The fourth-order valence-corrected chi connectivity index (χ4v) is 3.40. The number of sulfonamides is 1. The number of pyridine rings is 1. The second-order valence-corrected chi connectivity index (χ2v) is 7.95. The highest BCUT2D eigenvalue weighted by atomic mass is 35.5. The van der Waals surface area contributed by atoms with Crippen molar-refractivity contribution >= 4 is 33.2 Å². The largest absolute Gasteiger partial charge is 0.326 e. The molecule has 0 aliphatic rings. The zero-order valence-corrected chi connectivity index (χ0v) is 16.1. The fraction of sp³-hybridized carbons (Fsp3) is 0.0526. The molecule has 0 saturated heterocycles. The second-order valence-electron chi connectivity index (χ2n) is 5.99. The number of anilines is 1. The number of carbonyl (C=O) groups excluding carboxylic acids is 1. The Morgan fingerprint density at radius 1 is 1.07 bits per heavy atom. The van der Waals surface area contributed by atoms with Crippen LogP contribution in [0.5, 0.6) is 0 Å². The molecule has 1 heterocycles. The van der Waals surface area contributed by atoms with Crippen molar-refractivity contribution in [2.24, 2.45) is 5.14 Å². The molecule has 0 aliphatic carbocycles. The number of nitrogens with one attached hydrogen (secondary N) is 1. The van der Waals surface area contributed by atoms with Crippen LogP contribution in [0.25, 0.3) is 5.69 Å². The van der Waals surface area contributed by atoms with Crippen molar-refractivity contribution in [2.45, 2.75) is 11.3 Å². The van der Waals surface area contributed by atoms with Crippen molar-refractivity contribution in [3.63, 3.8) is 0 Å². The van der Waals surface area contributed by atoms with Crippen LogP contribution in [0, 0.1) is 0 Å². The number of benzene rings is 2. The molecule has 28 heavy (non-hydrogen) atoms. The number of rotatable bonds is 5. The Balaban J connectivity index is 1.97. The van der Waals surface area contributed by atoms with Gasteiger partial charge in [-0.3, -0.25) is 14.2 Å². The first kappa shape index (κ1) is 19.8. The normalized spacial score (nSPS) is 11.2. The summed E-state index contributed by atoms with van der Waals surface area (Å²) in [6.45, 7) is 0. The summed E-state index contributed by atoms with van der Waals surface area (Å²) in [7, 11) is -4.06. The molecule has 0 saturated carbocycles. The summed E-state index contributed by atoms with van der Waals surface area (Å²) in [6.07, 6.45) is 1.49. The first-order valence-corrected chi connectivity index (χ1v) is 10.1. The van der Waals surface area contributed by atoms with E-state index in [9.17, 15) is 18.0 Å². The Hall–Kier alpha value is -2.94. The number of amides is 1. The molecule has 9 heteroatoms. The molecule has 7 nitrogen and oxygen atoms in total. The topological polar surface area (TPSA) is 111 Å². The predicted molar refractivity (Wildman–Crippen MR) is 107 cm³/mol. The highest BCUT2D eigenvalue weighted by molar-refractivity contribution is 7.89. The minimum atomic E-state index is -4.06. The molecule has 0 spiro atoms. The predicted octanol–water partition coefficient (Wildman–Crippen LogP) is 2.32. The van der Waals surface area contributed by atoms with E-state index in [4.69, 9.17) is 16.7 Å². The number of nitrogens with two attached hydrogens (primary N) is 1. The van der Waals surface area contributed by atoms with Crippen molar-refractivity contribution in [1.82, 2.24) is 4.57 Å². The highest BCUT2D eigenvalue weighted by Crippen LogP contribution is 2.21. The van der Waals surface area contributed by atoms with Gasteiger partial charge in [0, 0.05) is 23.0 Å². The number of carbonyl (C=O) groups is 1. The average Bonchev–Trinajstić information content (AvgIpc) is 2.63. The van der Waals surface area contributed by atoms with Crippen LogP contribution in [0.15, 0.2) is 76.6 Å². The molecule has 0 aliphatic heterocycles. The SMILES string of the molecule is NS(=O)(=O)c1cc(NC(=O)Cc2ccccc2Cl)cc(-n2ccccc2=O)c1. The summed E-state index contributed by atoms with van der Waals surface area (Å²) in [5.41, 5.74) is 0.714. The average molecular weight is 418 g/mol. The summed E-state index contributed by atoms with van der Waals surface area (Å²) < 4.78 is 24.9. The molecule has 3 rings (SSSR count). The second kappa shape index (κ2) is 7.97. The molecule has 2 aromatic carbocycles. The van der Waals surface area contributed by atoms with Crippen LogP contribution in [0.1, 0.15) is 5.56 Å². The van der Waals surface area contributed by atoms with Crippen LogP contribution in [0.3, 0.4) is 0 Å². The first-order valence-electron chi connectivity index (χ1n) is 8.13. The van der Waals surface area contributed by atoms with Gasteiger partial charge < -0.3 is 5.32 Å². The Kier molecular flexibility index (Phi) is 5.64. The summed E-state index contributed by atoms with van der Waals surface area (Å²) in [4.78, 5) is 24.2. The minimum Gasteiger partial charge on any atom is -0.326 e. The summed E-state index contributed by atoms with van der Waals surface area (Å²) in [5.74, 6) is -0.397. The summed E-state index contributed by atoms with van der Waals surface area (Å²) in [5, 5.41) is 8.32. The van der Waals surface area contributed by atoms with Crippen LogP contribution >= 0.6 is 11.6 Å². The summed E-state index contributed by atoms with van der Waals surface area (Å²) >= 11 is 6.07. The lowest BCUT2D eigenvalue weighted by Crippen LogP contribution is -2.19. The number of primary sulfonamides is 1. The maximum absolute atomic E-state index is 12.4. The van der Waals surface area contributed by atoms with E-state index in [0.29, 0.717) is 10.6 Å². The van der Waals surface area contributed by atoms with E-state index in [1.807, 2.05) is 0 Å². The third-order valence-corrected chi connectivity index (χ3v) is 5.17. The first-order chi connectivity index (χ1) is 13.2. The number of halogens is 1. The Labute approximate surface area is 166 Å². The van der Waals surface area contributed by atoms with Crippen LogP contribution in [-0.4, -0.2) is 18.9 Å². The number of aromatic nitrogens is 1. The van der Waals surface area contributed by atoms with Crippen LogP contribution in [0.2, 0.25) is 5.02 Å². The number of hydrogen-bond donors (Lipinski definition) is 2. The standard InChI is InChI=1S/C19H16ClN3O4S/c20-17-6-2-1-5-13(17)9-18(24)22-14-10-15(12-16(11-14)28(21,26)27)23-8-4-3-7-19(23)25/h1-8,10-12H,9H2,(H,22,24)(H2,21,26,27). The van der Waals surface area contributed by atoms with Gasteiger partial charge in [-0.25, -0.2) is 13.6 Å². The zero-order chi connectivity index (χ0) is 20.3. The molecule has 0 fully saturated rings. The van der Waals surface area contributed by atoms with E-state index in [2.05, 4.69) is 5.32 Å². The van der Waals surface area contributed by atoms with Gasteiger partial charge in [0.15, 0.2) is 0 Å². The highest BCUT2D eigenvalue weighted by Gasteiger charge is 2.14. The lowest BCUT2D eigenvalue weighted by Gasteiger charge is -2.12. The molecule has 0 bridgehead atoms. The Morgan fingerprint density at radius 2 is 1.79 bits per heavy atom. The lowest BCUT2D eigenvalue weighted by molar-refractivity contribution is -0.115. The van der Waals surface area contributed by atoms with Gasteiger partial charge in [0.2, 0.25) is 15.9 Å². The number of hydrogen-bond acceptors (Lipinski definition) is 4. The monoisotopic (exact) mass is 417 g/mol. The quantitative estimate of drug-likeness (QED) is 0.663. The molecular formula is C19H16ClN3O4S. The minimum absolute atomic E-state index is 0.000104. The fourth-order valence-electron chi connectivity index (χ4n) is 2.62. The third-order valence-electron chi connectivity index (χ3n) is 3.91. The van der Waals surface area contributed by atoms with Crippen molar-refractivity contribution < 1.29 is 13.2 Å². The van der Waals surface area contributed by atoms with Gasteiger partial charge in [-0.05, 0) is 35.9 Å². The van der Waals surface area contributed by atoms with E-state index in [1.54, 1.807) is 36.4 Å².